The highest BCUT2D eigenvalue weighted by atomic mass is 19.2. The molecule has 0 aromatic heterocycles. The van der Waals surface area contributed by atoms with Crippen LogP contribution in [0.5, 0.6) is 11.5 Å². The number of fused-ring (bicyclic) bond motifs is 1. The number of methoxy groups -OCH3 is 2. The van der Waals surface area contributed by atoms with Gasteiger partial charge >= 0.3 is 6.03 Å². The summed E-state index contributed by atoms with van der Waals surface area (Å²) in [6.45, 7) is 4.21. The van der Waals surface area contributed by atoms with E-state index in [0.29, 0.717) is 5.75 Å². The fourth-order valence-corrected chi connectivity index (χ4v) is 5.74. The summed E-state index contributed by atoms with van der Waals surface area (Å²) in [7, 11) is 3.29. The maximum absolute atomic E-state index is 13.5. The smallest absolute Gasteiger partial charge is 0.319 e. The van der Waals surface area contributed by atoms with E-state index in [-0.39, 0.29) is 23.2 Å². The molecule has 2 amide bonds. The largest absolute Gasteiger partial charge is 0.493 e. The van der Waals surface area contributed by atoms with Crippen LogP contribution < -0.4 is 20.1 Å². The first-order chi connectivity index (χ1) is 16.4. The Morgan fingerprint density at radius 3 is 2.59 bits per heavy atom. The Labute approximate surface area is 199 Å². The molecule has 1 saturated carbocycles. The predicted molar refractivity (Wildman–Crippen MR) is 128 cm³/mol. The zero-order chi connectivity index (χ0) is 24.3. The average molecular weight is 474 g/mol. The van der Waals surface area contributed by atoms with Crippen LogP contribution in [0.25, 0.3) is 0 Å². The lowest BCUT2D eigenvalue weighted by Gasteiger charge is -2.45. The van der Waals surface area contributed by atoms with Crippen LogP contribution in [0.3, 0.4) is 0 Å². The fourth-order valence-electron chi connectivity index (χ4n) is 5.74. The number of carbonyl (C=O) groups is 1. The van der Waals surface area contributed by atoms with Gasteiger partial charge in [0, 0.05) is 29.3 Å². The lowest BCUT2D eigenvalue weighted by Crippen LogP contribution is -2.53. The van der Waals surface area contributed by atoms with E-state index >= 15 is 0 Å². The van der Waals surface area contributed by atoms with Crippen molar-refractivity contribution in [3.8, 4) is 11.5 Å². The number of urea groups is 1. The molecule has 3 unspecified atom stereocenters. The molecule has 1 aliphatic carbocycles. The van der Waals surface area contributed by atoms with Crippen LogP contribution in [0, 0.1) is 11.6 Å². The second-order valence-electron chi connectivity index (χ2n) is 9.23. The van der Waals surface area contributed by atoms with Gasteiger partial charge in [-0.2, -0.15) is 0 Å². The summed E-state index contributed by atoms with van der Waals surface area (Å²) in [6, 6.07) is 9.42. The van der Waals surface area contributed by atoms with E-state index in [4.69, 9.17) is 9.47 Å². The molecule has 2 aliphatic rings. The van der Waals surface area contributed by atoms with Crippen molar-refractivity contribution in [2.75, 3.05) is 32.6 Å². The molecular weight excluding hydrogens is 440 g/mol. The zero-order valence-corrected chi connectivity index (χ0v) is 20.0. The van der Waals surface area contributed by atoms with Crippen molar-refractivity contribution in [1.82, 2.24) is 10.2 Å². The van der Waals surface area contributed by atoms with Crippen LogP contribution >= 0.6 is 0 Å². The third kappa shape index (κ3) is 4.69. The quantitative estimate of drug-likeness (QED) is 0.589. The van der Waals surface area contributed by atoms with Crippen molar-refractivity contribution in [2.45, 2.75) is 56.5 Å². The highest BCUT2D eigenvalue weighted by molar-refractivity contribution is 5.89. The molecule has 0 bridgehead atoms. The van der Waals surface area contributed by atoms with E-state index in [9.17, 15) is 13.6 Å². The Kier molecular flexibility index (Phi) is 7.26. The third-order valence-electron chi connectivity index (χ3n) is 7.35. The Bertz CT molecular complexity index is 1030. The van der Waals surface area contributed by atoms with Crippen molar-refractivity contribution in [3.63, 3.8) is 0 Å². The van der Waals surface area contributed by atoms with Gasteiger partial charge in [0.25, 0.3) is 0 Å². The number of rotatable bonds is 7. The molecule has 2 N–H and O–H groups in total. The zero-order valence-electron chi connectivity index (χ0n) is 20.0. The Morgan fingerprint density at radius 2 is 1.88 bits per heavy atom. The molecule has 2 aromatic rings. The molecule has 34 heavy (non-hydrogen) atoms. The second-order valence-corrected chi connectivity index (χ2v) is 9.23. The van der Waals surface area contributed by atoms with Gasteiger partial charge in [-0.3, -0.25) is 4.90 Å². The monoisotopic (exact) mass is 473 g/mol. The topological polar surface area (TPSA) is 62.8 Å². The number of benzene rings is 2. The van der Waals surface area contributed by atoms with Crippen LogP contribution in [0.1, 0.15) is 44.6 Å². The first kappa shape index (κ1) is 24.3. The summed E-state index contributed by atoms with van der Waals surface area (Å²) < 4.78 is 37.7. The predicted octanol–water partition coefficient (Wildman–Crippen LogP) is 5.08. The summed E-state index contributed by atoms with van der Waals surface area (Å²) in [5, 5.41) is 5.67. The van der Waals surface area contributed by atoms with Crippen molar-refractivity contribution in [1.29, 1.82) is 0 Å². The molecule has 0 radical (unpaired) electrons. The molecule has 1 aliphatic heterocycles. The Morgan fingerprint density at radius 1 is 1.09 bits per heavy atom. The number of amides is 2. The number of ether oxygens (including phenoxy) is 2. The van der Waals surface area contributed by atoms with Gasteiger partial charge in [-0.05, 0) is 75.0 Å². The molecule has 0 spiro atoms. The van der Waals surface area contributed by atoms with Crippen LogP contribution in [-0.2, 0) is 5.41 Å². The van der Waals surface area contributed by atoms with Gasteiger partial charge < -0.3 is 20.1 Å². The minimum atomic E-state index is -0.990. The molecule has 8 heteroatoms. The van der Waals surface area contributed by atoms with E-state index < -0.39 is 17.7 Å². The van der Waals surface area contributed by atoms with E-state index in [2.05, 4.69) is 34.6 Å². The summed E-state index contributed by atoms with van der Waals surface area (Å²) in [5.41, 5.74) is 1.46. The SMILES string of the molecule is CCCN1CCC2(c3ccc(OC)c(OC)c3)CCC(NC(=O)Nc3ccc(F)c(F)c3)CC12. The molecular formula is C26H33F2N3O3. The molecule has 6 nitrogen and oxygen atoms in total. The molecule has 4 rings (SSSR count). The van der Waals surface area contributed by atoms with Gasteiger partial charge in [-0.15, -0.1) is 0 Å². The van der Waals surface area contributed by atoms with E-state index in [0.717, 1.165) is 63.1 Å². The molecule has 2 aromatic carbocycles. The minimum Gasteiger partial charge on any atom is -0.493 e. The van der Waals surface area contributed by atoms with Gasteiger partial charge in [0.2, 0.25) is 0 Å². The minimum absolute atomic E-state index is 0.0105. The first-order valence-corrected chi connectivity index (χ1v) is 11.9. The van der Waals surface area contributed by atoms with Gasteiger partial charge in [-0.1, -0.05) is 13.0 Å². The summed E-state index contributed by atoms with van der Waals surface area (Å²) in [5.74, 6) is -0.488. The van der Waals surface area contributed by atoms with E-state index in [1.165, 1.54) is 11.6 Å². The normalized spacial score (nSPS) is 24.4. The van der Waals surface area contributed by atoms with E-state index in [1.807, 2.05) is 6.07 Å². The number of anilines is 1. The van der Waals surface area contributed by atoms with Gasteiger partial charge in [0.1, 0.15) is 0 Å². The van der Waals surface area contributed by atoms with Crippen LogP contribution in [0.4, 0.5) is 19.3 Å². The third-order valence-corrected chi connectivity index (χ3v) is 7.35. The molecule has 3 atom stereocenters. The molecule has 1 heterocycles. The number of nitrogens with zero attached hydrogens (tertiary/aromatic N) is 1. The van der Waals surface area contributed by atoms with Crippen LogP contribution in [0.2, 0.25) is 0 Å². The van der Waals surface area contributed by atoms with Crippen molar-refractivity contribution in [2.24, 2.45) is 0 Å². The average Bonchev–Trinajstić information content (AvgIpc) is 3.20. The van der Waals surface area contributed by atoms with Gasteiger partial charge in [-0.25, -0.2) is 13.6 Å². The van der Waals surface area contributed by atoms with Crippen molar-refractivity contribution >= 4 is 11.7 Å². The lowest BCUT2D eigenvalue weighted by atomic mass is 9.65. The van der Waals surface area contributed by atoms with Crippen LogP contribution in [-0.4, -0.2) is 50.3 Å². The Balaban J connectivity index is 1.51. The molecule has 184 valence electrons. The number of hydrogen-bond donors (Lipinski definition) is 2. The number of likely N-dealkylation sites (tertiary alicyclic amines) is 1. The number of nitrogens with one attached hydrogen (secondary N) is 2. The van der Waals surface area contributed by atoms with Crippen molar-refractivity contribution < 1.29 is 23.0 Å². The highest BCUT2D eigenvalue weighted by Crippen LogP contribution is 2.50. The number of carbonyl (C=O) groups excluding carboxylic acids is 1. The lowest BCUT2D eigenvalue weighted by molar-refractivity contribution is 0.136. The standard InChI is InChI=1S/C26H33F2N3O3/c1-4-12-31-13-11-26(17-5-8-22(33-2)23(14-17)34-3)10-9-19(16-24(26)31)30-25(32)29-18-6-7-20(27)21(28)15-18/h5-8,14-15,19,24H,4,9-13,16H2,1-3H3,(H2,29,30,32). The van der Waals surface area contributed by atoms with E-state index in [1.54, 1.807) is 14.2 Å². The molecule has 2 fully saturated rings. The maximum Gasteiger partial charge on any atom is 0.319 e. The maximum atomic E-state index is 13.5. The molecule has 1 saturated heterocycles. The van der Waals surface area contributed by atoms with Crippen LogP contribution in [0.15, 0.2) is 36.4 Å². The van der Waals surface area contributed by atoms with Crippen molar-refractivity contribution in [3.05, 3.63) is 53.6 Å². The summed E-state index contributed by atoms with van der Waals surface area (Å²) in [4.78, 5) is 15.1. The van der Waals surface area contributed by atoms with Gasteiger partial charge in [0.15, 0.2) is 23.1 Å². The second kappa shape index (κ2) is 10.2. The summed E-state index contributed by atoms with van der Waals surface area (Å²) in [6.07, 6.45) is 4.70. The number of halogens is 2. The highest BCUT2D eigenvalue weighted by Gasteiger charge is 2.51. The summed E-state index contributed by atoms with van der Waals surface area (Å²) >= 11 is 0. The number of hydrogen-bond acceptors (Lipinski definition) is 4. The first-order valence-electron chi connectivity index (χ1n) is 11.9. The fraction of sp³-hybridized carbons (Fsp3) is 0.500. The van der Waals surface area contributed by atoms with Gasteiger partial charge in [0.05, 0.1) is 14.2 Å². The Hall–Kier alpha value is -2.87.